The van der Waals surface area contributed by atoms with Gasteiger partial charge in [0.1, 0.15) is 5.75 Å². The van der Waals surface area contributed by atoms with Crippen molar-refractivity contribution in [2.45, 2.75) is 39.7 Å². The zero-order valence-electron chi connectivity index (χ0n) is 9.47. The third kappa shape index (κ3) is 3.18. The van der Waals surface area contributed by atoms with Crippen LogP contribution in [0.2, 0.25) is 0 Å². The monoisotopic (exact) mass is 214 g/mol. The van der Waals surface area contributed by atoms with Crippen LogP contribution in [0.1, 0.15) is 31.9 Å². The maximum Gasteiger partial charge on any atom is 0.387 e. The molecule has 0 heterocycles. The molecule has 0 bridgehead atoms. The van der Waals surface area contributed by atoms with Gasteiger partial charge in [-0.15, -0.1) is 0 Å². The highest BCUT2D eigenvalue weighted by Gasteiger charge is 2.20. The second kappa shape index (κ2) is 4.17. The molecule has 1 nitrogen and oxygen atoms in total. The Labute approximate surface area is 89.1 Å². The van der Waals surface area contributed by atoms with Gasteiger partial charge in [-0.1, -0.05) is 38.5 Å². The van der Waals surface area contributed by atoms with Gasteiger partial charge in [0.05, 0.1) is 0 Å². The van der Waals surface area contributed by atoms with Crippen molar-refractivity contribution < 1.29 is 13.5 Å². The van der Waals surface area contributed by atoms with E-state index in [1.165, 1.54) is 0 Å². The molecule has 1 rings (SSSR count). The highest BCUT2D eigenvalue weighted by atomic mass is 19.3. The Morgan fingerprint density at radius 2 is 1.80 bits per heavy atom. The highest BCUT2D eigenvalue weighted by Crippen LogP contribution is 2.32. The quantitative estimate of drug-likeness (QED) is 0.725. The van der Waals surface area contributed by atoms with E-state index < -0.39 is 6.61 Å². The zero-order chi connectivity index (χ0) is 11.6. The molecule has 0 saturated carbocycles. The minimum Gasteiger partial charge on any atom is -0.435 e. The highest BCUT2D eigenvalue weighted by molar-refractivity contribution is 5.41. The Morgan fingerprint density at radius 3 is 2.27 bits per heavy atom. The second-order valence-corrected chi connectivity index (χ2v) is 4.63. The van der Waals surface area contributed by atoms with E-state index in [-0.39, 0.29) is 11.2 Å². The van der Waals surface area contributed by atoms with Crippen molar-refractivity contribution in [3.8, 4) is 5.75 Å². The lowest BCUT2D eigenvalue weighted by atomic mass is 9.85. The fraction of sp³-hybridized carbons (Fsp3) is 0.500. The van der Waals surface area contributed by atoms with E-state index in [1.807, 2.05) is 33.8 Å². The van der Waals surface area contributed by atoms with Crippen LogP contribution in [0.5, 0.6) is 5.75 Å². The van der Waals surface area contributed by atoms with E-state index in [4.69, 9.17) is 0 Å². The Bertz CT molecular complexity index is 340. The summed E-state index contributed by atoms with van der Waals surface area (Å²) in [4.78, 5) is 0. The van der Waals surface area contributed by atoms with Gasteiger partial charge in [-0.05, 0) is 24.0 Å². The van der Waals surface area contributed by atoms with Crippen molar-refractivity contribution in [3.05, 3.63) is 29.3 Å². The standard InChI is InChI=1S/C12H16F2O/c1-8-5-6-10(15-11(13)14)9(7-8)12(2,3)4/h5-7,11H,1-4H3. The lowest BCUT2D eigenvalue weighted by Gasteiger charge is -2.23. The fourth-order valence-corrected chi connectivity index (χ4v) is 1.43. The molecular weight excluding hydrogens is 198 g/mol. The summed E-state index contributed by atoms with van der Waals surface area (Å²) >= 11 is 0. The Morgan fingerprint density at radius 1 is 1.20 bits per heavy atom. The predicted molar refractivity (Wildman–Crippen MR) is 56.5 cm³/mol. The minimum absolute atomic E-state index is 0.198. The fourth-order valence-electron chi connectivity index (χ4n) is 1.43. The van der Waals surface area contributed by atoms with E-state index in [1.54, 1.807) is 12.1 Å². The molecule has 3 heteroatoms. The molecule has 15 heavy (non-hydrogen) atoms. The maximum absolute atomic E-state index is 12.2. The van der Waals surface area contributed by atoms with Crippen LogP contribution in [-0.4, -0.2) is 6.61 Å². The number of rotatable bonds is 2. The molecule has 0 saturated heterocycles. The molecule has 0 aliphatic heterocycles. The van der Waals surface area contributed by atoms with Gasteiger partial charge in [-0.2, -0.15) is 8.78 Å². The molecule has 0 amide bonds. The molecule has 84 valence electrons. The average Bonchev–Trinajstić information content (AvgIpc) is 2.05. The first-order chi connectivity index (χ1) is 6.80. The van der Waals surface area contributed by atoms with Crippen molar-refractivity contribution in [2.24, 2.45) is 0 Å². The molecule has 1 aromatic carbocycles. The largest absolute Gasteiger partial charge is 0.435 e. The van der Waals surface area contributed by atoms with Crippen LogP contribution in [0.3, 0.4) is 0 Å². The summed E-state index contributed by atoms with van der Waals surface area (Å²) in [6.45, 7) is 5.08. The summed E-state index contributed by atoms with van der Waals surface area (Å²) in [7, 11) is 0. The Hall–Kier alpha value is -1.12. The number of alkyl halides is 2. The molecule has 0 atom stereocenters. The van der Waals surface area contributed by atoms with Gasteiger partial charge < -0.3 is 4.74 Å². The molecule has 0 aliphatic carbocycles. The van der Waals surface area contributed by atoms with E-state index in [0.29, 0.717) is 0 Å². The number of halogens is 2. The van der Waals surface area contributed by atoms with Crippen molar-refractivity contribution >= 4 is 0 Å². The summed E-state index contributed by atoms with van der Waals surface area (Å²) in [5, 5.41) is 0. The smallest absolute Gasteiger partial charge is 0.387 e. The van der Waals surface area contributed by atoms with Crippen LogP contribution in [-0.2, 0) is 5.41 Å². The van der Waals surface area contributed by atoms with Gasteiger partial charge in [-0.25, -0.2) is 0 Å². The van der Waals surface area contributed by atoms with Gasteiger partial charge in [0, 0.05) is 0 Å². The van der Waals surface area contributed by atoms with Crippen molar-refractivity contribution in [3.63, 3.8) is 0 Å². The zero-order valence-corrected chi connectivity index (χ0v) is 9.47. The molecule has 1 aromatic rings. The Kier molecular flexibility index (Phi) is 3.32. The van der Waals surface area contributed by atoms with Crippen LogP contribution >= 0.6 is 0 Å². The van der Waals surface area contributed by atoms with Crippen molar-refractivity contribution in [2.75, 3.05) is 0 Å². The molecule has 0 aromatic heterocycles. The first kappa shape index (κ1) is 12.0. The number of hydrogen-bond acceptors (Lipinski definition) is 1. The van der Waals surface area contributed by atoms with Crippen LogP contribution in [0.4, 0.5) is 8.78 Å². The molecule has 0 aliphatic rings. The van der Waals surface area contributed by atoms with E-state index in [0.717, 1.165) is 11.1 Å². The lowest BCUT2D eigenvalue weighted by Crippen LogP contribution is -2.15. The van der Waals surface area contributed by atoms with Crippen LogP contribution < -0.4 is 4.74 Å². The van der Waals surface area contributed by atoms with Gasteiger partial charge in [0.25, 0.3) is 0 Å². The maximum atomic E-state index is 12.2. The lowest BCUT2D eigenvalue weighted by molar-refractivity contribution is -0.0508. The summed E-state index contributed by atoms with van der Waals surface area (Å²) in [6, 6.07) is 5.26. The summed E-state index contributed by atoms with van der Waals surface area (Å²) in [5.41, 5.74) is 1.65. The SMILES string of the molecule is Cc1ccc(OC(F)F)c(C(C)(C)C)c1. The molecule has 0 spiro atoms. The topological polar surface area (TPSA) is 9.23 Å². The number of benzene rings is 1. The van der Waals surface area contributed by atoms with Crippen molar-refractivity contribution in [1.82, 2.24) is 0 Å². The molecular formula is C12H16F2O. The van der Waals surface area contributed by atoms with E-state index in [2.05, 4.69) is 4.74 Å². The average molecular weight is 214 g/mol. The molecule has 0 radical (unpaired) electrons. The summed E-state index contributed by atoms with van der Waals surface area (Å²) < 4.78 is 28.8. The minimum atomic E-state index is -2.77. The molecule has 0 fully saturated rings. The summed E-state index contributed by atoms with van der Waals surface area (Å²) in [5.74, 6) is 0.267. The normalized spacial score (nSPS) is 11.9. The van der Waals surface area contributed by atoms with Crippen LogP contribution in [0.25, 0.3) is 0 Å². The van der Waals surface area contributed by atoms with Gasteiger partial charge in [-0.3, -0.25) is 0 Å². The third-order valence-electron chi connectivity index (χ3n) is 2.16. The van der Waals surface area contributed by atoms with Gasteiger partial charge >= 0.3 is 6.61 Å². The van der Waals surface area contributed by atoms with E-state index >= 15 is 0 Å². The van der Waals surface area contributed by atoms with Gasteiger partial charge in [0.15, 0.2) is 0 Å². The molecule has 0 N–H and O–H groups in total. The third-order valence-corrected chi connectivity index (χ3v) is 2.16. The Balaban J connectivity index is 3.15. The van der Waals surface area contributed by atoms with Gasteiger partial charge in [0.2, 0.25) is 0 Å². The van der Waals surface area contributed by atoms with E-state index in [9.17, 15) is 8.78 Å². The second-order valence-electron chi connectivity index (χ2n) is 4.63. The van der Waals surface area contributed by atoms with Crippen LogP contribution in [0.15, 0.2) is 18.2 Å². The summed E-state index contributed by atoms with van der Waals surface area (Å²) in [6.07, 6.45) is 0. The number of ether oxygens (including phenoxy) is 1. The molecule has 0 unspecified atom stereocenters. The van der Waals surface area contributed by atoms with Crippen molar-refractivity contribution in [1.29, 1.82) is 0 Å². The predicted octanol–water partition coefficient (Wildman–Crippen LogP) is 3.89. The first-order valence-corrected chi connectivity index (χ1v) is 4.86. The number of hydrogen-bond donors (Lipinski definition) is 0. The van der Waals surface area contributed by atoms with Crippen LogP contribution in [0, 0.1) is 6.92 Å². The number of aryl methyl sites for hydroxylation is 1. The first-order valence-electron chi connectivity index (χ1n) is 4.86.